The van der Waals surface area contributed by atoms with Crippen LogP contribution in [0.4, 0.5) is 0 Å². The molecule has 0 aromatic heterocycles. The minimum Gasteiger partial charge on any atom is -0.395 e. The standard InChI is InChI=1S/C12H19NO/c1-11(13(2)8-9-14)10-12-6-4-3-5-7-12/h3-7,11,14H,8-10H2,1-2H3/t11-/m0/s1. The Balaban J connectivity index is 2.44. The monoisotopic (exact) mass is 193 g/mol. The van der Waals surface area contributed by atoms with E-state index in [1.54, 1.807) is 0 Å². The van der Waals surface area contributed by atoms with Crippen molar-refractivity contribution in [1.29, 1.82) is 0 Å². The lowest BCUT2D eigenvalue weighted by molar-refractivity contribution is 0.187. The summed E-state index contributed by atoms with van der Waals surface area (Å²) in [5.74, 6) is 0. The number of likely N-dealkylation sites (N-methyl/N-ethyl adjacent to an activating group) is 1. The molecule has 0 spiro atoms. The lowest BCUT2D eigenvalue weighted by Crippen LogP contribution is -2.33. The van der Waals surface area contributed by atoms with Crippen LogP contribution in [0.15, 0.2) is 30.3 Å². The van der Waals surface area contributed by atoms with Crippen molar-refractivity contribution in [3.05, 3.63) is 35.9 Å². The number of aliphatic hydroxyl groups excluding tert-OH is 1. The Morgan fingerprint density at radius 3 is 2.50 bits per heavy atom. The Hall–Kier alpha value is -0.860. The van der Waals surface area contributed by atoms with Crippen LogP contribution >= 0.6 is 0 Å². The summed E-state index contributed by atoms with van der Waals surface area (Å²) in [4.78, 5) is 2.17. The lowest BCUT2D eigenvalue weighted by Gasteiger charge is -2.23. The molecule has 14 heavy (non-hydrogen) atoms. The first-order chi connectivity index (χ1) is 6.74. The molecule has 0 heterocycles. The van der Waals surface area contributed by atoms with E-state index < -0.39 is 0 Å². The highest BCUT2D eigenvalue weighted by Crippen LogP contribution is 2.06. The first-order valence-corrected chi connectivity index (χ1v) is 5.09. The van der Waals surface area contributed by atoms with E-state index in [-0.39, 0.29) is 6.61 Å². The van der Waals surface area contributed by atoms with Gasteiger partial charge in [-0.1, -0.05) is 30.3 Å². The van der Waals surface area contributed by atoms with Gasteiger partial charge in [0.1, 0.15) is 0 Å². The third kappa shape index (κ3) is 3.48. The highest BCUT2D eigenvalue weighted by molar-refractivity contribution is 5.15. The Morgan fingerprint density at radius 1 is 1.29 bits per heavy atom. The molecule has 78 valence electrons. The predicted molar refractivity (Wildman–Crippen MR) is 59.3 cm³/mol. The summed E-state index contributed by atoms with van der Waals surface area (Å²) in [5.41, 5.74) is 1.35. The molecule has 2 nitrogen and oxygen atoms in total. The normalized spacial score (nSPS) is 13.1. The van der Waals surface area contributed by atoms with E-state index in [2.05, 4.69) is 36.1 Å². The van der Waals surface area contributed by atoms with Crippen LogP contribution in [0.1, 0.15) is 12.5 Å². The van der Waals surface area contributed by atoms with Crippen molar-refractivity contribution in [2.24, 2.45) is 0 Å². The molecule has 0 aliphatic rings. The maximum Gasteiger partial charge on any atom is 0.0558 e. The van der Waals surface area contributed by atoms with Crippen molar-refractivity contribution in [3.63, 3.8) is 0 Å². The van der Waals surface area contributed by atoms with Crippen LogP contribution in [-0.2, 0) is 6.42 Å². The molecule has 0 saturated carbocycles. The Kier molecular flexibility index (Phi) is 4.63. The molecule has 1 atom stereocenters. The second-order valence-corrected chi connectivity index (χ2v) is 3.74. The summed E-state index contributed by atoms with van der Waals surface area (Å²) in [7, 11) is 2.05. The molecule has 0 unspecified atom stereocenters. The van der Waals surface area contributed by atoms with E-state index in [0.29, 0.717) is 6.04 Å². The maximum absolute atomic E-state index is 8.81. The molecule has 2 heteroatoms. The molecule has 0 bridgehead atoms. The van der Waals surface area contributed by atoms with Crippen LogP contribution in [0, 0.1) is 0 Å². The van der Waals surface area contributed by atoms with Crippen molar-refractivity contribution in [2.75, 3.05) is 20.2 Å². The van der Waals surface area contributed by atoms with Gasteiger partial charge < -0.3 is 10.0 Å². The predicted octanol–water partition coefficient (Wildman–Crippen LogP) is 1.54. The van der Waals surface area contributed by atoms with E-state index >= 15 is 0 Å². The molecule has 0 saturated heterocycles. The topological polar surface area (TPSA) is 23.5 Å². The Labute approximate surface area is 86.2 Å². The van der Waals surface area contributed by atoms with Gasteiger partial charge in [0.05, 0.1) is 6.61 Å². The maximum atomic E-state index is 8.81. The molecule has 0 fully saturated rings. The van der Waals surface area contributed by atoms with Gasteiger partial charge in [0.2, 0.25) is 0 Å². The van der Waals surface area contributed by atoms with Gasteiger partial charge >= 0.3 is 0 Å². The molecule has 0 radical (unpaired) electrons. The zero-order chi connectivity index (χ0) is 10.4. The number of nitrogens with zero attached hydrogens (tertiary/aromatic N) is 1. The highest BCUT2D eigenvalue weighted by Gasteiger charge is 2.08. The van der Waals surface area contributed by atoms with Crippen LogP contribution in [0.5, 0.6) is 0 Å². The fourth-order valence-corrected chi connectivity index (χ4v) is 1.49. The summed E-state index contributed by atoms with van der Waals surface area (Å²) < 4.78 is 0. The fraction of sp³-hybridized carbons (Fsp3) is 0.500. The van der Waals surface area contributed by atoms with E-state index in [4.69, 9.17) is 5.11 Å². The van der Waals surface area contributed by atoms with Crippen molar-refractivity contribution in [2.45, 2.75) is 19.4 Å². The fourth-order valence-electron chi connectivity index (χ4n) is 1.49. The summed E-state index contributed by atoms with van der Waals surface area (Å²) in [6.45, 7) is 3.16. The van der Waals surface area contributed by atoms with Crippen LogP contribution < -0.4 is 0 Å². The van der Waals surface area contributed by atoms with Crippen molar-refractivity contribution < 1.29 is 5.11 Å². The van der Waals surface area contributed by atoms with Gasteiger partial charge in [0, 0.05) is 12.6 Å². The van der Waals surface area contributed by atoms with Crippen LogP contribution in [0.3, 0.4) is 0 Å². The third-order valence-corrected chi connectivity index (χ3v) is 2.58. The minimum atomic E-state index is 0.232. The molecule has 0 amide bonds. The minimum absolute atomic E-state index is 0.232. The van der Waals surface area contributed by atoms with Crippen molar-refractivity contribution in [3.8, 4) is 0 Å². The second kappa shape index (κ2) is 5.78. The number of benzene rings is 1. The number of hydrogen-bond acceptors (Lipinski definition) is 2. The van der Waals surface area contributed by atoms with Gasteiger partial charge in [0.25, 0.3) is 0 Å². The number of rotatable bonds is 5. The quantitative estimate of drug-likeness (QED) is 0.767. The lowest BCUT2D eigenvalue weighted by atomic mass is 10.1. The molecule has 1 aromatic rings. The van der Waals surface area contributed by atoms with E-state index in [0.717, 1.165) is 13.0 Å². The van der Waals surface area contributed by atoms with Crippen LogP contribution in [0.25, 0.3) is 0 Å². The van der Waals surface area contributed by atoms with Gasteiger partial charge in [-0.3, -0.25) is 0 Å². The van der Waals surface area contributed by atoms with Crippen molar-refractivity contribution >= 4 is 0 Å². The molecular formula is C12H19NO. The smallest absolute Gasteiger partial charge is 0.0558 e. The van der Waals surface area contributed by atoms with E-state index in [1.807, 2.05) is 13.1 Å². The van der Waals surface area contributed by atoms with Gasteiger partial charge in [0.15, 0.2) is 0 Å². The summed E-state index contributed by atoms with van der Waals surface area (Å²) in [6.07, 6.45) is 1.04. The molecule has 0 aliphatic carbocycles. The summed E-state index contributed by atoms with van der Waals surface area (Å²) in [6, 6.07) is 10.9. The van der Waals surface area contributed by atoms with E-state index in [9.17, 15) is 0 Å². The summed E-state index contributed by atoms with van der Waals surface area (Å²) in [5, 5.41) is 8.81. The average molecular weight is 193 g/mol. The van der Waals surface area contributed by atoms with Gasteiger partial charge in [-0.05, 0) is 26.0 Å². The first kappa shape index (κ1) is 11.2. The second-order valence-electron chi connectivity index (χ2n) is 3.74. The summed E-state index contributed by atoms with van der Waals surface area (Å²) >= 11 is 0. The van der Waals surface area contributed by atoms with Crippen LogP contribution in [0.2, 0.25) is 0 Å². The average Bonchev–Trinajstić information content (AvgIpc) is 2.19. The van der Waals surface area contributed by atoms with Crippen LogP contribution in [-0.4, -0.2) is 36.2 Å². The molecule has 1 rings (SSSR count). The van der Waals surface area contributed by atoms with Gasteiger partial charge in [-0.15, -0.1) is 0 Å². The zero-order valence-corrected chi connectivity index (χ0v) is 8.98. The van der Waals surface area contributed by atoms with Gasteiger partial charge in [-0.25, -0.2) is 0 Å². The Bertz CT molecular complexity index is 248. The highest BCUT2D eigenvalue weighted by atomic mass is 16.3. The molecular weight excluding hydrogens is 174 g/mol. The van der Waals surface area contributed by atoms with E-state index in [1.165, 1.54) is 5.56 Å². The SMILES string of the molecule is C[C@@H](Cc1ccccc1)N(C)CCO. The number of aliphatic hydroxyl groups is 1. The number of hydrogen-bond donors (Lipinski definition) is 1. The van der Waals surface area contributed by atoms with Gasteiger partial charge in [-0.2, -0.15) is 0 Å². The molecule has 1 aromatic carbocycles. The molecule has 0 aliphatic heterocycles. The largest absolute Gasteiger partial charge is 0.395 e. The first-order valence-electron chi connectivity index (χ1n) is 5.09. The van der Waals surface area contributed by atoms with Crippen molar-refractivity contribution in [1.82, 2.24) is 4.90 Å². The third-order valence-electron chi connectivity index (χ3n) is 2.58. The zero-order valence-electron chi connectivity index (χ0n) is 8.98. The Morgan fingerprint density at radius 2 is 1.93 bits per heavy atom. The molecule has 1 N–H and O–H groups in total.